The summed E-state index contributed by atoms with van der Waals surface area (Å²) < 4.78 is 1.35. The van der Waals surface area contributed by atoms with Gasteiger partial charge in [0.1, 0.15) is 0 Å². The second kappa shape index (κ2) is 2.44. The number of para-hydroxylation sites is 1. The summed E-state index contributed by atoms with van der Waals surface area (Å²) in [5, 5.41) is 4.93. The van der Waals surface area contributed by atoms with Crippen LogP contribution >= 0.6 is 0 Å². The van der Waals surface area contributed by atoms with Crippen LogP contribution in [0.3, 0.4) is 0 Å². The minimum Gasteiger partial charge on any atom is -0.276 e. The fourth-order valence-corrected chi connectivity index (χ4v) is 1.36. The van der Waals surface area contributed by atoms with E-state index in [9.17, 15) is 4.79 Å². The van der Waals surface area contributed by atoms with Gasteiger partial charge in [0.25, 0.3) is 0 Å². The lowest BCUT2D eigenvalue weighted by Gasteiger charge is -1.96. The lowest BCUT2D eigenvalue weighted by atomic mass is 10.2. The standard InChI is InChI=1S/C9H8N2O/c1-7-3-2-4-8-5-10-11(6-12)9(7)8/h2-6H,1H3. The van der Waals surface area contributed by atoms with E-state index in [1.165, 1.54) is 4.68 Å². The fourth-order valence-electron chi connectivity index (χ4n) is 1.36. The number of carbonyl (C=O) groups excluding carboxylic acids is 1. The first-order valence-electron chi connectivity index (χ1n) is 3.71. The average molecular weight is 160 g/mol. The Hall–Kier alpha value is -1.64. The predicted molar refractivity (Wildman–Crippen MR) is 46.6 cm³/mol. The van der Waals surface area contributed by atoms with Crippen molar-refractivity contribution >= 4 is 17.3 Å². The molecule has 0 N–H and O–H groups in total. The molecule has 60 valence electrons. The van der Waals surface area contributed by atoms with Crippen molar-refractivity contribution in [1.82, 2.24) is 9.78 Å². The molecular formula is C9H8N2O. The van der Waals surface area contributed by atoms with Gasteiger partial charge >= 0.3 is 0 Å². The van der Waals surface area contributed by atoms with E-state index in [2.05, 4.69) is 5.10 Å². The molecule has 0 radical (unpaired) electrons. The maximum atomic E-state index is 10.5. The van der Waals surface area contributed by atoms with Gasteiger partial charge < -0.3 is 0 Å². The summed E-state index contributed by atoms with van der Waals surface area (Å²) in [6.45, 7) is 1.96. The molecule has 0 spiro atoms. The van der Waals surface area contributed by atoms with Crippen LogP contribution in [0.5, 0.6) is 0 Å². The quantitative estimate of drug-likeness (QED) is 0.591. The summed E-state index contributed by atoms with van der Waals surface area (Å²) in [6, 6.07) is 5.85. The third-order valence-electron chi connectivity index (χ3n) is 1.92. The zero-order valence-corrected chi connectivity index (χ0v) is 6.69. The van der Waals surface area contributed by atoms with Gasteiger partial charge in [-0.25, -0.2) is 4.68 Å². The first-order chi connectivity index (χ1) is 5.83. The van der Waals surface area contributed by atoms with Crippen molar-refractivity contribution in [3.8, 4) is 0 Å². The lowest BCUT2D eigenvalue weighted by molar-refractivity contribution is 0.542. The van der Waals surface area contributed by atoms with Crippen LogP contribution in [-0.2, 0) is 4.79 Å². The second-order valence-corrected chi connectivity index (χ2v) is 2.71. The Morgan fingerprint density at radius 1 is 1.50 bits per heavy atom. The summed E-state index contributed by atoms with van der Waals surface area (Å²) >= 11 is 0. The molecule has 0 bridgehead atoms. The van der Waals surface area contributed by atoms with Crippen LogP contribution in [0.25, 0.3) is 10.9 Å². The lowest BCUT2D eigenvalue weighted by Crippen LogP contribution is -1.96. The van der Waals surface area contributed by atoms with Crippen molar-refractivity contribution in [3.05, 3.63) is 30.0 Å². The van der Waals surface area contributed by atoms with Crippen molar-refractivity contribution in [3.63, 3.8) is 0 Å². The van der Waals surface area contributed by atoms with Gasteiger partial charge in [0.05, 0.1) is 11.7 Å². The first kappa shape index (κ1) is 7.03. The molecule has 12 heavy (non-hydrogen) atoms. The molecule has 0 fully saturated rings. The SMILES string of the molecule is Cc1cccc2cnn(C=O)c12. The van der Waals surface area contributed by atoms with Crippen LogP contribution in [0.2, 0.25) is 0 Å². The van der Waals surface area contributed by atoms with E-state index in [0.29, 0.717) is 0 Å². The van der Waals surface area contributed by atoms with Crippen LogP contribution < -0.4 is 0 Å². The number of aromatic nitrogens is 2. The summed E-state index contributed by atoms with van der Waals surface area (Å²) in [5.41, 5.74) is 1.96. The molecule has 3 heteroatoms. The van der Waals surface area contributed by atoms with E-state index in [0.717, 1.165) is 22.9 Å². The van der Waals surface area contributed by atoms with Crippen molar-refractivity contribution in [2.45, 2.75) is 6.92 Å². The van der Waals surface area contributed by atoms with Gasteiger partial charge in [0, 0.05) is 5.39 Å². The molecule has 0 unspecified atom stereocenters. The Morgan fingerprint density at radius 2 is 2.33 bits per heavy atom. The summed E-state index contributed by atoms with van der Waals surface area (Å²) in [7, 11) is 0. The number of carbonyl (C=O) groups is 1. The molecule has 1 aromatic carbocycles. The zero-order chi connectivity index (χ0) is 8.55. The van der Waals surface area contributed by atoms with Gasteiger partial charge in [-0.1, -0.05) is 18.2 Å². The van der Waals surface area contributed by atoms with Gasteiger partial charge in [0.2, 0.25) is 6.41 Å². The van der Waals surface area contributed by atoms with E-state index in [1.54, 1.807) is 6.20 Å². The number of hydrogen-bond acceptors (Lipinski definition) is 2. The molecule has 0 aliphatic heterocycles. The summed E-state index contributed by atoms with van der Waals surface area (Å²) in [6.07, 6.45) is 2.41. The highest BCUT2D eigenvalue weighted by Crippen LogP contribution is 2.15. The molecule has 3 nitrogen and oxygen atoms in total. The minimum atomic E-state index is 0.718. The Morgan fingerprint density at radius 3 is 3.08 bits per heavy atom. The molecule has 0 amide bonds. The Balaban J connectivity index is 2.91. The zero-order valence-electron chi connectivity index (χ0n) is 6.69. The van der Waals surface area contributed by atoms with Crippen LogP contribution in [0.15, 0.2) is 24.4 Å². The molecule has 0 saturated heterocycles. The number of fused-ring (bicyclic) bond motifs is 1. The molecule has 2 aromatic rings. The molecule has 0 saturated carbocycles. The summed E-state index contributed by atoms with van der Waals surface area (Å²) in [4.78, 5) is 10.5. The minimum absolute atomic E-state index is 0.718. The molecule has 0 atom stereocenters. The molecule has 2 rings (SSSR count). The highest BCUT2D eigenvalue weighted by molar-refractivity contribution is 5.86. The predicted octanol–water partition coefficient (Wildman–Crippen LogP) is 1.38. The van der Waals surface area contributed by atoms with Crippen molar-refractivity contribution < 1.29 is 4.79 Å². The topological polar surface area (TPSA) is 34.9 Å². The Labute approximate surface area is 69.6 Å². The van der Waals surface area contributed by atoms with Gasteiger partial charge in [-0.05, 0) is 12.5 Å². The second-order valence-electron chi connectivity index (χ2n) is 2.71. The number of benzene rings is 1. The number of aryl methyl sites for hydroxylation is 1. The first-order valence-corrected chi connectivity index (χ1v) is 3.71. The van der Waals surface area contributed by atoms with Crippen LogP contribution in [0.1, 0.15) is 5.56 Å². The van der Waals surface area contributed by atoms with Crippen molar-refractivity contribution in [2.24, 2.45) is 0 Å². The molecule has 1 aromatic heterocycles. The largest absolute Gasteiger partial charge is 0.276 e. The van der Waals surface area contributed by atoms with E-state index >= 15 is 0 Å². The van der Waals surface area contributed by atoms with Crippen molar-refractivity contribution in [2.75, 3.05) is 0 Å². The normalized spacial score (nSPS) is 10.4. The molecule has 0 aliphatic carbocycles. The number of rotatable bonds is 1. The highest BCUT2D eigenvalue weighted by Gasteiger charge is 2.02. The van der Waals surface area contributed by atoms with E-state index in [-0.39, 0.29) is 0 Å². The average Bonchev–Trinajstić information content (AvgIpc) is 2.49. The van der Waals surface area contributed by atoms with E-state index in [1.807, 2.05) is 25.1 Å². The van der Waals surface area contributed by atoms with Gasteiger partial charge in [-0.3, -0.25) is 4.79 Å². The van der Waals surface area contributed by atoms with Crippen LogP contribution in [0.4, 0.5) is 0 Å². The number of nitrogens with zero attached hydrogens (tertiary/aromatic N) is 2. The van der Waals surface area contributed by atoms with E-state index < -0.39 is 0 Å². The third-order valence-corrected chi connectivity index (χ3v) is 1.92. The molecule has 1 heterocycles. The number of hydrogen-bond donors (Lipinski definition) is 0. The van der Waals surface area contributed by atoms with Gasteiger partial charge in [-0.15, -0.1) is 0 Å². The van der Waals surface area contributed by atoms with Crippen LogP contribution in [0, 0.1) is 6.92 Å². The monoisotopic (exact) mass is 160 g/mol. The summed E-state index contributed by atoms with van der Waals surface area (Å²) in [5.74, 6) is 0. The maximum Gasteiger partial charge on any atom is 0.234 e. The maximum absolute atomic E-state index is 10.5. The van der Waals surface area contributed by atoms with Gasteiger partial charge in [0.15, 0.2) is 0 Å². The van der Waals surface area contributed by atoms with Gasteiger partial charge in [-0.2, -0.15) is 5.10 Å². The highest BCUT2D eigenvalue weighted by atomic mass is 16.1. The Bertz CT molecular complexity index is 431. The van der Waals surface area contributed by atoms with Crippen molar-refractivity contribution in [1.29, 1.82) is 0 Å². The smallest absolute Gasteiger partial charge is 0.234 e. The molecule has 0 aliphatic rings. The van der Waals surface area contributed by atoms with E-state index in [4.69, 9.17) is 0 Å². The third kappa shape index (κ3) is 0.830. The van der Waals surface area contributed by atoms with Crippen LogP contribution in [-0.4, -0.2) is 16.2 Å². The molecular weight excluding hydrogens is 152 g/mol. The fraction of sp³-hybridized carbons (Fsp3) is 0.111. The Kier molecular flexibility index (Phi) is 1.43.